The molecule has 0 saturated carbocycles. The van der Waals surface area contributed by atoms with Crippen LogP contribution in [0, 0.1) is 0 Å². The maximum Gasteiger partial charge on any atom is 0.149 e. The van der Waals surface area contributed by atoms with E-state index in [2.05, 4.69) is 38.6 Å². The third kappa shape index (κ3) is 8.30. The van der Waals surface area contributed by atoms with Crippen molar-refractivity contribution in [2.24, 2.45) is 0 Å². The fourth-order valence-corrected chi connectivity index (χ4v) is 2.87. The molecule has 0 fully saturated rings. The summed E-state index contributed by atoms with van der Waals surface area (Å²) in [7, 11) is 0. The number of allylic oxidation sites excluding steroid dienone is 4. The molecule has 1 rings (SSSR count). The Hall–Kier alpha value is -2.74. The monoisotopic (exact) mass is 377 g/mol. The first-order valence-corrected chi connectivity index (χ1v) is 10.1. The number of anilines is 1. The van der Waals surface area contributed by atoms with Crippen molar-refractivity contribution in [3.63, 3.8) is 0 Å². The van der Waals surface area contributed by atoms with Crippen molar-refractivity contribution in [1.29, 1.82) is 0 Å². The highest BCUT2D eigenvalue weighted by Gasteiger charge is 2.17. The predicted molar refractivity (Wildman–Crippen MR) is 125 cm³/mol. The minimum atomic E-state index is -0.316. The van der Waals surface area contributed by atoms with E-state index in [0.29, 0.717) is 0 Å². The van der Waals surface area contributed by atoms with Crippen molar-refractivity contribution in [2.75, 3.05) is 11.9 Å². The van der Waals surface area contributed by atoms with Gasteiger partial charge in [0.2, 0.25) is 0 Å². The van der Waals surface area contributed by atoms with E-state index < -0.39 is 0 Å². The van der Waals surface area contributed by atoms with Gasteiger partial charge in [0.25, 0.3) is 0 Å². The molecule has 0 saturated heterocycles. The maximum atomic E-state index is 6.25. The van der Waals surface area contributed by atoms with Gasteiger partial charge in [-0.1, -0.05) is 95.4 Å². The molecule has 0 radical (unpaired) electrons. The molecule has 0 aliphatic heterocycles. The molecule has 0 unspecified atom stereocenters. The lowest BCUT2D eigenvalue weighted by molar-refractivity contribution is 0.280. The molecular weight excluding hydrogens is 342 g/mol. The second kappa shape index (κ2) is 14.3. The first-order chi connectivity index (χ1) is 13.7. The van der Waals surface area contributed by atoms with E-state index in [9.17, 15) is 0 Å². The summed E-state index contributed by atoms with van der Waals surface area (Å²) in [5.74, 6) is 0.784. The van der Waals surface area contributed by atoms with Crippen molar-refractivity contribution >= 4 is 5.69 Å². The van der Waals surface area contributed by atoms with Crippen LogP contribution in [0.1, 0.15) is 39.0 Å². The third-order valence-corrected chi connectivity index (χ3v) is 4.42. The van der Waals surface area contributed by atoms with Crippen LogP contribution in [0.5, 0.6) is 5.75 Å². The number of hydrogen-bond acceptors (Lipinski definition) is 2. The molecule has 1 N–H and O–H groups in total. The summed E-state index contributed by atoms with van der Waals surface area (Å²) in [6.07, 6.45) is 16.9. The van der Waals surface area contributed by atoms with E-state index in [-0.39, 0.29) is 6.10 Å². The number of unbranched alkanes of at least 4 members (excludes halogenated alkanes) is 4. The van der Waals surface area contributed by atoms with Crippen LogP contribution in [-0.4, -0.2) is 12.6 Å². The predicted octanol–water partition coefficient (Wildman–Crippen LogP) is 7.41. The van der Waals surface area contributed by atoms with Gasteiger partial charge >= 0.3 is 0 Å². The largest absolute Gasteiger partial charge is 0.481 e. The molecule has 0 heterocycles. The molecule has 2 heteroatoms. The van der Waals surface area contributed by atoms with Crippen molar-refractivity contribution in [1.82, 2.24) is 0 Å². The summed E-state index contributed by atoms with van der Waals surface area (Å²) in [5.41, 5.74) is 2.94. The number of hydrogen-bond donors (Lipinski definition) is 1. The molecule has 28 heavy (non-hydrogen) atoms. The second-order valence-electron chi connectivity index (χ2n) is 6.58. The van der Waals surface area contributed by atoms with Crippen molar-refractivity contribution in [2.45, 2.75) is 45.1 Å². The van der Waals surface area contributed by atoms with Gasteiger partial charge in [-0.3, -0.25) is 0 Å². The number of rotatable bonds is 15. The highest BCUT2D eigenvalue weighted by atomic mass is 16.5. The quantitative estimate of drug-likeness (QED) is 0.254. The summed E-state index contributed by atoms with van der Waals surface area (Å²) >= 11 is 0. The van der Waals surface area contributed by atoms with Crippen molar-refractivity contribution in [3.8, 4) is 5.75 Å². The molecule has 0 bridgehead atoms. The summed E-state index contributed by atoms with van der Waals surface area (Å²) < 4.78 is 6.25. The van der Waals surface area contributed by atoms with E-state index in [4.69, 9.17) is 4.74 Å². The zero-order valence-corrected chi connectivity index (χ0v) is 17.3. The Labute approximate surface area is 171 Å². The van der Waals surface area contributed by atoms with Crippen LogP contribution in [0.4, 0.5) is 5.69 Å². The van der Waals surface area contributed by atoms with E-state index in [0.717, 1.165) is 29.1 Å². The fourth-order valence-electron chi connectivity index (χ4n) is 2.87. The zero-order chi connectivity index (χ0) is 20.6. The summed E-state index contributed by atoms with van der Waals surface area (Å²) in [5, 5.41) is 3.47. The first kappa shape index (κ1) is 23.3. The van der Waals surface area contributed by atoms with Gasteiger partial charge in [0.05, 0.1) is 0 Å². The van der Waals surface area contributed by atoms with E-state index in [1.165, 1.54) is 32.1 Å². The molecule has 0 aliphatic rings. The highest BCUT2D eigenvalue weighted by molar-refractivity contribution is 5.47. The van der Waals surface area contributed by atoms with Gasteiger partial charge in [0.15, 0.2) is 0 Å². The zero-order valence-electron chi connectivity index (χ0n) is 17.3. The topological polar surface area (TPSA) is 21.3 Å². The van der Waals surface area contributed by atoms with Crippen LogP contribution >= 0.6 is 0 Å². The van der Waals surface area contributed by atoms with Crippen LogP contribution in [0.3, 0.4) is 0 Å². The lowest BCUT2D eigenvalue weighted by atomic mass is 10.00. The van der Waals surface area contributed by atoms with Crippen LogP contribution in [0.2, 0.25) is 0 Å². The second-order valence-corrected chi connectivity index (χ2v) is 6.58. The fraction of sp³-hybridized carbons (Fsp3) is 0.308. The normalized spacial score (nSPS) is 12.8. The van der Waals surface area contributed by atoms with Crippen LogP contribution in [0.25, 0.3) is 0 Å². The van der Waals surface area contributed by atoms with Gasteiger partial charge < -0.3 is 10.1 Å². The van der Waals surface area contributed by atoms with Gasteiger partial charge in [0.1, 0.15) is 11.9 Å². The molecule has 0 spiro atoms. The Morgan fingerprint density at radius 3 is 1.96 bits per heavy atom. The molecule has 2 nitrogen and oxygen atoms in total. The van der Waals surface area contributed by atoms with Crippen LogP contribution in [0.15, 0.2) is 98.2 Å². The van der Waals surface area contributed by atoms with E-state index >= 15 is 0 Å². The minimum Gasteiger partial charge on any atom is -0.481 e. The van der Waals surface area contributed by atoms with Gasteiger partial charge in [-0.05, 0) is 41.8 Å². The van der Waals surface area contributed by atoms with E-state index in [1.807, 2.05) is 36.4 Å². The molecule has 1 aromatic rings. The Morgan fingerprint density at radius 2 is 1.46 bits per heavy atom. The number of nitrogens with one attached hydrogen (secondary N) is 1. The molecule has 0 aliphatic carbocycles. The molecule has 150 valence electrons. The Bertz CT molecular complexity index is 649. The summed E-state index contributed by atoms with van der Waals surface area (Å²) in [6, 6.07) is 8.06. The Morgan fingerprint density at radius 1 is 0.893 bits per heavy atom. The minimum absolute atomic E-state index is 0.316. The average Bonchev–Trinajstić information content (AvgIpc) is 2.72. The first-order valence-electron chi connectivity index (χ1n) is 10.1. The van der Waals surface area contributed by atoms with E-state index in [1.54, 1.807) is 24.3 Å². The molecule has 0 atom stereocenters. The standard InChI is InChI=1S/C26H35NO/c1-6-11-12-13-14-21-27-24-17-19-25(20-18-24)28-26(22(9-4)15-7-2)23(10-5)16-8-3/h7-10,15-20,26-27H,2-6,11-14,21H2,1H3/b22-15+,23-16+. The number of ether oxygens (including phenoxy) is 1. The number of benzene rings is 1. The average molecular weight is 378 g/mol. The van der Waals surface area contributed by atoms with Gasteiger partial charge in [-0.25, -0.2) is 0 Å². The molecular formula is C26H35NO. The SMILES string of the molecule is C=C/C=C(\C=C)C(Oc1ccc(NCCCCCCC)cc1)/C(C=C)=C/C=C. The van der Waals surface area contributed by atoms with Crippen molar-refractivity contribution < 1.29 is 4.74 Å². The Kier molecular flexibility index (Phi) is 11.9. The maximum absolute atomic E-state index is 6.25. The lowest BCUT2D eigenvalue weighted by Crippen LogP contribution is -2.20. The summed E-state index contributed by atoms with van der Waals surface area (Å²) in [4.78, 5) is 0. The Balaban J connectivity index is 2.78. The van der Waals surface area contributed by atoms with Crippen LogP contribution < -0.4 is 10.1 Å². The highest BCUT2D eigenvalue weighted by Crippen LogP contribution is 2.24. The lowest BCUT2D eigenvalue weighted by Gasteiger charge is -2.22. The van der Waals surface area contributed by atoms with Crippen LogP contribution in [-0.2, 0) is 0 Å². The van der Waals surface area contributed by atoms with Gasteiger partial charge in [0, 0.05) is 12.2 Å². The summed E-state index contributed by atoms with van der Waals surface area (Å²) in [6.45, 7) is 18.6. The smallest absolute Gasteiger partial charge is 0.149 e. The van der Waals surface area contributed by atoms with Crippen molar-refractivity contribution in [3.05, 3.63) is 98.2 Å². The molecule has 1 aromatic carbocycles. The third-order valence-electron chi connectivity index (χ3n) is 4.42. The van der Waals surface area contributed by atoms with Gasteiger partial charge in [-0.2, -0.15) is 0 Å². The molecule has 0 aromatic heterocycles. The van der Waals surface area contributed by atoms with Gasteiger partial charge in [-0.15, -0.1) is 0 Å². The molecule has 0 amide bonds.